The average Bonchev–Trinajstić information content (AvgIpc) is 2.36. The molecule has 0 aliphatic carbocycles. The fraction of sp³-hybridized carbons (Fsp3) is 0.500. The van der Waals surface area contributed by atoms with Crippen LogP contribution in [0.3, 0.4) is 0 Å². The zero-order valence-corrected chi connectivity index (χ0v) is 10.1. The van der Waals surface area contributed by atoms with Gasteiger partial charge in [-0.15, -0.1) is 0 Å². The van der Waals surface area contributed by atoms with E-state index in [0.717, 1.165) is 12.8 Å². The maximum absolute atomic E-state index is 10.8. The zero-order valence-electron chi connectivity index (χ0n) is 10.1. The van der Waals surface area contributed by atoms with Gasteiger partial charge in [-0.2, -0.15) is 0 Å². The van der Waals surface area contributed by atoms with Gasteiger partial charge in [-0.05, 0) is 25.0 Å². The highest BCUT2D eigenvalue weighted by atomic mass is 16.4. The van der Waals surface area contributed by atoms with Crippen LogP contribution in [0.4, 0.5) is 5.82 Å². The van der Waals surface area contributed by atoms with Crippen molar-refractivity contribution < 1.29 is 15.0 Å². The van der Waals surface area contributed by atoms with Crippen molar-refractivity contribution >= 4 is 11.8 Å². The van der Waals surface area contributed by atoms with Gasteiger partial charge in [0, 0.05) is 6.20 Å². The predicted molar refractivity (Wildman–Crippen MR) is 65.2 cm³/mol. The summed E-state index contributed by atoms with van der Waals surface area (Å²) in [6, 6.07) is 2.91. The first kappa shape index (κ1) is 13.4. The van der Waals surface area contributed by atoms with Crippen molar-refractivity contribution in [3.8, 4) is 0 Å². The van der Waals surface area contributed by atoms with Gasteiger partial charge in [0.15, 0.2) is 0 Å². The first-order valence-corrected chi connectivity index (χ1v) is 5.65. The fourth-order valence-electron chi connectivity index (χ4n) is 1.59. The van der Waals surface area contributed by atoms with Crippen molar-refractivity contribution in [3.63, 3.8) is 0 Å². The van der Waals surface area contributed by atoms with Gasteiger partial charge in [0.2, 0.25) is 0 Å². The number of carboxylic acid groups (broad SMARTS) is 1. The summed E-state index contributed by atoms with van der Waals surface area (Å²) in [5.74, 6) is -0.513. The molecule has 1 rings (SSSR count). The van der Waals surface area contributed by atoms with E-state index in [4.69, 9.17) is 5.11 Å². The third kappa shape index (κ3) is 3.17. The van der Waals surface area contributed by atoms with Gasteiger partial charge in [-0.3, -0.25) is 0 Å². The summed E-state index contributed by atoms with van der Waals surface area (Å²) >= 11 is 0. The zero-order chi connectivity index (χ0) is 12.9. The van der Waals surface area contributed by atoms with Crippen LogP contribution >= 0.6 is 0 Å². The third-order valence-electron chi connectivity index (χ3n) is 3.06. The molecule has 1 aromatic heterocycles. The quantitative estimate of drug-likeness (QED) is 0.703. The first-order valence-electron chi connectivity index (χ1n) is 5.65. The van der Waals surface area contributed by atoms with E-state index in [9.17, 15) is 9.90 Å². The number of nitrogens with zero attached hydrogens (tertiary/aromatic N) is 1. The Labute approximate surface area is 101 Å². The second-order valence-electron chi connectivity index (χ2n) is 4.01. The summed E-state index contributed by atoms with van der Waals surface area (Å²) in [6.45, 7) is 3.92. The molecule has 5 nitrogen and oxygen atoms in total. The van der Waals surface area contributed by atoms with E-state index in [1.54, 1.807) is 0 Å². The molecule has 0 radical (unpaired) electrons. The Kier molecular flexibility index (Phi) is 4.45. The minimum Gasteiger partial charge on any atom is -0.478 e. The number of hydrogen-bond donors (Lipinski definition) is 3. The number of rotatable bonds is 6. The van der Waals surface area contributed by atoms with Crippen molar-refractivity contribution in [3.05, 3.63) is 23.9 Å². The molecule has 0 fully saturated rings. The standard InChI is InChI=1S/C12H18N2O3/c1-3-12(4-2,8-15)14-10-7-9(11(16)17)5-6-13-10/h5-7,15H,3-4,8H2,1-2H3,(H,13,14)(H,16,17). The largest absolute Gasteiger partial charge is 0.478 e. The van der Waals surface area contributed by atoms with E-state index in [1.807, 2.05) is 13.8 Å². The number of nitrogens with one attached hydrogen (secondary N) is 1. The molecule has 0 aromatic carbocycles. The molecule has 17 heavy (non-hydrogen) atoms. The van der Waals surface area contributed by atoms with Gasteiger partial charge in [-0.1, -0.05) is 13.8 Å². The van der Waals surface area contributed by atoms with Crippen molar-refractivity contribution in [2.45, 2.75) is 32.2 Å². The van der Waals surface area contributed by atoms with Gasteiger partial charge in [0.1, 0.15) is 5.82 Å². The minimum atomic E-state index is -0.988. The van der Waals surface area contributed by atoms with Crippen LogP contribution in [0.5, 0.6) is 0 Å². The number of anilines is 1. The molecule has 0 saturated carbocycles. The lowest BCUT2D eigenvalue weighted by Crippen LogP contribution is -2.41. The number of aromatic carboxylic acids is 1. The smallest absolute Gasteiger partial charge is 0.335 e. The number of carboxylic acids is 1. The van der Waals surface area contributed by atoms with Gasteiger partial charge in [-0.25, -0.2) is 9.78 Å². The SMILES string of the molecule is CCC(CC)(CO)Nc1cc(C(=O)O)ccn1. The molecule has 1 aromatic rings. The minimum absolute atomic E-state index is 0.0149. The number of carbonyl (C=O) groups is 1. The van der Waals surface area contributed by atoms with E-state index in [2.05, 4.69) is 10.3 Å². The van der Waals surface area contributed by atoms with Crippen LogP contribution in [-0.2, 0) is 0 Å². The summed E-state index contributed by atoms with van der Waals surface area (Å²) in [5.41, 5.74) is -0.258. The molecule has 0 aliphatic rings. The van der Waals surface area contributed by atoms with Crippen LogP contribution in [0.15, 0.2) is 18.3 Å². The van der Waals surface area contributed by atoms with Crippen molar-refractivity contribution in [1.82, 2.24) is 4.98 Å². The van der Waals surface area contributed by atoms with Crippen LogP contribution in [0.2, 0.25) is 0 Å². The first-order chi connectivity index (χ1) is 8.06. The van der Waals surface area contributed by atoms with Crippen LogP contribution in [-0.4, -0.2) is 33.3 Å². The van der Waals surface area contributed by atoms with E-state index in [-0.39, 0.29) is 12.2 Å². The molecule has 0 unspecified atom stereocenters. The Morgan fingerprint density at radius 2 is 2.12 bits per heavy atom. The lowest BCUT2D eigenvalue weighted by atomic mass is 9.94. The Morgan fingerprint density at radius 1 is 1.47 bits per heavy atom. The fourth-order valence-corrected chi connectivity index (χ4v) is 1.59. The van der Waals surface area contributed by atoms with Crippen molar-refractivity contribution in [1.29, 1.82) is 0 Å². The monoisotopic (exact) mass is 238 g/mol. The summed E-state index contributed by atoms with van der Waals surface area (Å²) < 4.78 is 0. The van der Waals surface area contributed by atoms with Crippen molar-refractivity contribution in [2.24, 2.45) is 0 Å². The van der Waals surface area contributed by atoms with Crippen molar-refractivity contribution in [2.75, 3.05) is 11.9 Å². The molecule has 0 spiro atoms. The van der Waals surface area contributed by atoms with Gasteiger partial charge < -0.3 is 15.5 Å². The molecule has 94 valence electrons. The predicted octanol–water partition coefficient (Wildman–Crippen LogP) is 1.74. The second kappa shape index (κ2) is 5.63. The highest BCUT2D eigenvalue weighted by molar-refractivity contribution is 5.88. The van der Waals surface area contributed by atoms with Gasteiger partial charge in [0.05, 0.1) is 17.7 Å². The molecular formula is C12H18N2O3. The lowest BCUT2D eigenvalue weighted by Gasteiger charge is -2.31. The van der Waals surface area contributed by atoms with E-state index in [1.165, 1.54) is 18.3 Å². The van der Waals surface area contributed by atoms with Gasteiger partial charge >= 0.3 is 5.97 Å². The lowest BCUT2D eigenvalue weighted by molar-refractivity contribution is 0.0697. The topological polar surface area (TPSA) is 82.5 Å². The molecule has 0 aliphatic heterocycles. The normalized spacial score (nSPS) is 11.2. The summed E-state index contributed by atoms with van der Waals surface area (Å²) in [6.07, 6.45) is 2.91. The van der Waals surface area contributed by atoms with E-state index in [0.29, 0.717) is 5.82 Å². The summed E-state index contributed by atoms with van der Waals surface area (Å²) in [7, 11) is 0. The molecule has 5 heteroatoms. The summed E-state index contributed by atoms with van der Waals surface area (Å²) in [5, 5.41) is 21.4. The van der Waals surface area contributed by atoms with E-state index >= 15 is 0 Å². The highest BCUT2D eigenvalue weighted by Crippen LogP contribution is 2.20. The Bertz CT molecular complexity index is 381. The highest BCUT2D eigenvalue weighted by Gasteiger charge is 2.25. The molecular weight excluding hydrogens is 220 g/mol. The average molecular weight is 238 g/mol. The third-order valence-corrected chi connectivity index (χ3v) is 3.06. The second-order valence-corrected chi connectivity index (χ2v) is 4.01. The Balaban J connectivity index is 2.93. The van der Waals surface area contributed by atoms with Crippen LogP contribution in [0.25, 0.3) is 0 Å². The molecule has 0 atom stereocenters. The molecule has 0 bridgehead atoms. The Hall–Kier alpha value is -1.62. The number of pyridine rings is 1. The summed E-state index contributed by atoms with van der Waals surface area (Å²) in [4.78, 5) is 14.9. The number of hydrogen-bond acceptors (Lipinski definition) is 4. The number of aliphatic hydroxyl groups excluding tert-OH is 1. The van der Waals surface area contributed by atoms with Crippen LogP contribution in [0.1, 0.15) is 37.0 Å². The molecule has 0 saturated heterocycles. The number of aromatic nitrogens is 1. The number of aliphatic hydroxyl groups is 1. The molecule has 1 heterocycles. The van der Waals surface area contributed by atoms with Crippen LogP contribution < -0.4 is 5.32 Å². The molecule has 0 amide bonds. The van der Waals surface area contributed by atoms with Crippen LogP contribution in [0, 0.1) is 0 Å². The van der Waals surface area contributed by atoms with E-state index < -0.39 is 11.5 Å². The molecule has 3 N–H and O–H groups in total. The Morgan fingerprint density at radius 3 is 2.59 bits per heavy atom. The maximum Gasteiger partial charge on any atom is 0.335 e. The maximum atomic E-state index is 10.8. The van der Waals surface area contributed by atoms with Gasteiger partial charge in [0.25, 0.3) is 0 Å².